The lowest BCUT2D eigenvalue weighted by molar-refractivity contribution is -0.136. The molecule has 0 radical (unpaired) electrons. The Hall–Kier alpha value is -2.09. The van der Waals surface area contributed by atoms with Crippen molar-refractivity contribution in [1.29, 1.82) is 0 Å². The van der Waals surface area contributed by atoms with Gasteiger partial charge in [0.25, 0.3) is 0 Å². The molecule has 3 rings (SSSR count). The highest BCUT2D eigenvalue weighted by Crippen LogP contribution is 2.41. The normalized spacial score (nSPS) is 12.1. The molecule has 2 aromatic rings. The molecule has 2 aromatic carbocycles. The second-order valence-electron chi connectivity index (χ2n) is 5.63. The van der Waals surface area contributed by atoms with Gasteiger partial charge in [0.05, 0.1) is 6.42 Å². The largest absolute Gasteiger partial charge is 0.481 e. The van der Waals surface area contributed by atoms with Gasteiger partial charge in [-0.15, -0.1) is 0 Å². The lowest BCUT2D eigenvalue weighted by Crippen LogP contribution is -2.09. The maximum Gasteiger partial charge on any atom is 0.307 e. The van der Waals surface area contributed by atoms with Gasteiger partial charge in [-0.1, -0.05) is 44.2 Å². The van der Waals surface area contributed by atoms with Crippen molar-refractivity contribution in [3.63, 3.8) is 0 Å². The Morgan fingerprint density at radius 3 is 2.52 bits per heavy atom. The fourth-order valence-electron chi connectivity index (χ4n) is 3.58. The quantitative estimate of drug-likeness (QED) is 0.784. The zero-order chi connectivity index (χ0) is 15.0. The van der Waals surface area contributed by atoms with Crippen LogP contribution >= 0.6 is 0 Å². The van der Waals surface area contributed by atoms with Crippen LogP contribution in [0.4, 0.5) is 0 Å². The summed E-state index contributed by atoms with van der Waals surface area (Å²) >= 11 is 0. The van der Waals surface area contributed by atoms with Crippen molar-refractivity contribution in [1.82, 2.24) is 0 Å². The summed E-state index contributed by atoms with van der Waals surface area (Å²) in [4.78, 5) is 11.3. The number of fused-ring (bicyclic) bond motifs is 3. The average molecular weight is 280 g/mol. The van der Waals surface area contributed by atoms with Gasteiger partial charge in [0.1, 0.15) is 0 Å². The monoisotopic (exact) mass is 280 g/mol. The predicted molar refractivity (Wildman–Crippen MR) is 84.8 cm³/mol. The summed E-state index contributed by atoms with van der Waals surface area (Å²) in [5.41, 5.74) is 8.65. The van der Waals surface area contributed by atoms with Gasteiger partial charge >= 0.3 is 5.97 Å². The maximum atomic E-state index is 11.3. The first-order valence-corrected chi connectivity index (χ1v) is 7.62. The zero-order valence-corrected chi connectivity index (χ0v) is 12.6. The van der Waals surface area contributed by atoms with Gasteiger partial charge in [-0.25, -0.2) is 0 Å². The van der Waals surface area contributed by atoms with Crippen LogP contribution in [0.2, 0.25) is 0 Å². The van der Waals surface area contributed by atoms with Crippen molar-refractivity contribution in [2.75, 3.05) is 0 Å². The van der Waals surface area contributed by atoms with E-state index in [4.69, 9.17) is 0 Å². The smallest absolute Gasteiger partial charge is 0.307 e. The molecule has 2 heteroatoms. The molecule has 0 amide bonds. The van der Waals surface area contributed by atoms with Crippen LogP contribution in [0.3, 0.4) is 0 Å². The van der Waals surface area contributed by atoms with Crippen molar-refractivity contribution < 1.29 is 9.90 Å². The molecule has 0 atom stereocenters. The van der Waals surface area contributed by atoms with Gasteiger partial charge in [0.15, 0.2) is 0 Å². The van der Waals surface area contributed by atoms with Gasteiger partial charge < -0.3 is 5.11 Å². The molecule has 0 fully saturated rings. The van der Waals surface area contributed by atoms with Gasteiger partial charge in [0.2, 0.25) is 0 Å². The number of hydrogen-bond donors (Lipinski definition) is 1. The summed E-state index contributed by atoms with van der Waals surface area (Å²) in [7, 11) is 0. The highest BCUT2D eigenvalue weighted by atomic mass is 16.4. The second-order valence-corrected chi connectivity index (χ2v) is 5.63. The Morgan fingerprint density at radius 2 is 1.86 bits per heavy atom. The zero-order valence-electron chi connectivity index (χ0n) is 12.6. The van der Waals surface area contributed by atoms with Gasteiger partial charge in [0, 0.05) is 0 Å². The third kappa shape index (κ3) is 2.25. The van der Waals surface area contributed by atoms with E-state index in [9.17, 15) is 9.90 Å². The summed E-state index contributed by atoms with van der Waals surface area (Å²) in [5, 5.41) is 9.30. The average Bonchev–Trinajstić information content (AvgIpc) is 2.85. The molecule has 0 saturated heterocycles. The summed E-state index contributed by atoms with van der Waals surface area (Å²) in [6, 6.07) is 10.7. The Morgan fingerprint density at radius 1 is 1.10 bits per heavy atom. The number of benzene rings is 2. The number of rotatable bonds is 4. The Bertz CT molecular complexity index is 714. The van der Waals surface area contributed by atoms with Crippen molar-refractivity contribution in [2.45, 2.75) is 39.5 Å². The number of carboxylic acids is 1. The van der Waals surface area contributed by atoms with E-state index in [0.717, 1.165) is 24.8 Å². The molecule has 1 aliphatic rings. The first-order valence-electron chi connectivity index (χ1n) is 7.62. The predicted octanol–water partition coefficient (Wildman–Crippen LogP) is 4.01. The highest BCUT2D eigenvalue weighted by Gasteiger charge is 2.25. The van der Waals surface area contributed by atoms with Crippen LogP contribution in [-0.4, -0.2) is 11.1 Å². The molecule has 2 nitrogen and oxygen atoms in total. The lowest BCUT2D eigenvalue weighted by Gasteiger charge is -2.17. The van der Waals surface area contributed by atoms with Gasteiger partial charge in [-0.3, -0.25) is 4.79 Å². The molecule has 0 heterocycles. The Kier molecular flexibility index (Phi) is 3.54. The summed E-state index contributed by atoms with van der Waals surface area (Å²) < 4.78 is 0. The van der Waals surface area contributed by atoms with E-state index >= 15 is 0 Å². The molecule has 1 aliphatic carbocycles. The fourth-order valence-corrected chi connectivity index (χ4v) is 3.58. The number of hydrogen-bond acceptors (Lipinski definition) is 1. The summed E-state index contributed by atoms with van der Waals surface area (Å²) in [5.74, 6) is -0.740. The van der Waals surface area contributed by atoms with Gasteiger partial charge in [-0.05, 0) is 58.2 Å². The Labute approximate surface area is 125 Å². The van der Waals surface area contributed by atoms with Crippen molar-refractivity contribution in [3.05, 3.63) is 58.1 Å². The van der Waals surface area contributed by atoms with E-state index in [1.165, 1.54) is 33.4 Å². The number of aryl methyl sites for hydroxylation is 1. The molecular formula is C19H20O2. The molecule has 0 aromatic heterocycles. The van der Waals surface area contributed by atoms with E-state index < -0.39 is 5.97 Å². The molecule has 0 unspecified atom stereocenters. The lowest BCUT2D eigenvalue weighted by atomic mass is 9.88. The molecule has 0 bridgehead atoms. The molecule has 0 aliphatic heterocycles. The van der Waals surface area contributed by atoms with E-state index in [1.807, 2.05) is 0 Å². The molecule has 0 saturated carbocycles. The topological polar surface area (TPSA) is 37.3 Å². The third-order valence-electron chi connectivity index (χ3n) is 4.50. The third-order valence-corrected chi connectivity index (χ3v) is 4.50. The molecular weight excluding hydrogens is 260 g/mol. The molecule has 108 valence electrons. The Balaban J connectivity index is 2.27. The van der Waals surface area contributed by atoms with Crippen LogP contribution in [0.25, 0.3) is 11.1 Å². The molecule has 21 heavy (non-hydrogen) atoms. The van der Waals surface area contributed by atoms with Crippen LogP contribution in [0.15, 0.2) is 30.3 Å². The van der Waals surface area contributed by atoms with Crippen molar-refractivity contribution in [3.8, 4) is 11.1 Å². The van der Waals surface area contributed by atoms with E-state index in [0.29, 0.717) is 0 Å². The number of carbonyl (C=O) groups is 1. The summed E-state index contributed by atoms with van der Waals surface area (Å²) in [6.45, 7) is 4.26. The minimum Gasteiger partial charge on any atom is -0.481 e. The van der Waals surface area contributed by atoms with Gasteiger partial charge in [-0.2, -0.15) is 0 Å². The summed E-state index contributed by atoms with van der Waals surface area (Å²) in [6.07, 6.45) is 2.85. The van der Waals surface area contributed by atoms with E-state index in [2.05, 4.69) is 44.2 Å². The van der Waals surface area contributed by atoms with Crippen molar-refractivity contribution in [2.24, 2.45) is 0 Å². The minimum atomic E-state index is -0.740. The minimum absolute atomic E-state index is 0.132. The molecule has 1 N–H and O–H groups in total. The molecule has 0 spiro atoms. The van der Waals surface area contributed by atoms with Crippen LogP contribution < -0.4 is 0 Å². The van der Waals surface area contributed by atoms with E-state index in [-0.39, 0.29) is 6.42 Å². The van der Waals surface area contributed by atoms with Crippen LogP contribution in [0, 0.1) is 0 Å². The first kappa shape index (κ1) is 13.9. The standard InChI is InChI=1S/C19H20O2/c1-3-12-9-16-15-8-6-5-7-13(15)10-17(16)18(11-19(20)21)14(12)4-2/h5-9H,3-4,10-11H2,1-2H3,(H,20,21). The second kappa shape index (κ2) is 5.36. The number of carboxylic acid groups (broad SMARTS) is 1. The SMILES string of the molecule is CCc1cc2c(c(CC(=O)O)c1CC)Cc1ccccc1-2. The fraction of sp³-hybridized carbons (Fsp3) is 0.316. The van der Waals surface area contributed by atoms with Crippen LogP contribution in [0.1, 0.15) is 41.7 Å². The van der Waals surface area contributed by atoms with Crippen LogP contribution in [0.5, 0.6) is 0 Å². The highest BCUT2D eigenvalue weighted by molar-refractivity contribution is 5.82. The first-order chi connectivity index (χ1) is 10.2. The van der Waals surface area contributed by atoms with Crippen LogP contribution in [-0.2, 0) is 30.5 Å². The maximum absolute atomic E-state index is 11.3. The van der Waals surface area contributed by atoms with Crippen molar-refractivity contribution >= 4 is 5.97 Å². The number of aliphatic carboxylic acids is 1. The van der Waals surface area contributed by atoms with E-state index in [1.54, 1.807) is 0 Å².